The van der Waals surface area contributed by atoms with E-state index in [4.69, 9.17) is 9.84 Å². The minimum Gasteiger partial charge on any atom is -0.489 e. The predicted molar refractivity (Wildman–Crippen MR) is 130 cm³/mol. The molecule has 3 rings (SSSR count). The van der Waals surface area contributed by atoms with Gasteiger partial charge in [-0.1, -0.05) is 66.2 Å². The van der Waals surface area contributed by atoms with E-state index in [0.29, 0.717) is 30.9 Å². The van der Waals surface area contributed by atoms with E-state index in [0.717, 1.165) is 22.3 Å². The van der Waals surface area contributed by atoms with Crippen LogP contribution in [0.4, 0.5) is 0 Å². The number of amides is 1. The van der Waals surface area contributed by atoms with Crippen LogP contribution in [0.3, 0.4) is 0 Å². The molecule has 0 spiro atoms. The van der Waals surface area contributed by atoms with E-state index in [-0.39, 0.29) is 12.3 Å². The lowest BCUT2D eigenvalue weighted by atomic mass is 10.0. The molecule has 33 heavy (non-hydrogen) atoms. The summed E-state index contributed by atoms with van der Waals surface area (Å²) in [7, 11) is 1.78. The minimum absolute atomic E-state index is 0.0613. The van der Waals surface area contributed by atoms with Crippen LogP contribution in [0.5, 0.6) is 5.75 Å². The number of nitrogens with zero attached hydrogens (tertiary/aromatic N) is 1. The zero-order valence-electron chi connectivity index (χ0n) is 19.0. The normalized spacial score (nSPS) is 11.2. The Balaban J connectivity index is 1.62. The fourth-order valence-electron chi connectivity index (χ4n) is 3.44. The molecule has 0 radical (unpaired) electrons. The second-order valence-electron chi connectivity index (χ2n) is 7.97. The molecule has 0 saturated heterocycles. The first-order valence-corrected chi connectivity index (χ1v) is 10.9. The molecule has 0 heterocycles. The van der Waals surface area contributed by atoms with Gasteiger partial charge in [0.2, 0.25) is 0 Å². The molecule has 3 aromatic rings. The lowest BCUT2D eigenvalue weighted by Gasteiger charge is -2.19. The van der Waals surface area contributed by atoms with Gasteiger partial charge in [0.1, 0.15) is 12.4 Å². The molecule has 0 unspecified atom stereocenters. The van der Waals surface area contributed by atoms with Gasteiger partial charge in [0.25, 0.3) is 5.91 Å². The van der Waals surface area contributed by atoms with Crippen molar-refractivity contribution < 1.29 is 19.4 Å². The number of para-hydroxylation sites is 1. The smallest absolute Gasteiger partial charge is 0.303 e. The van der Waals surface area contributed by atoms with E-state index in [1.54, 1.807) is 11.9 Å². The summed E-state index contributed by atoms with van der Waals surface area (Å²) in [4.78, 5) is 25.3. The summed E-state index contributed by atoms with van der Waals surface area (Å²) < 4.78 is 5.90. The third kappa shape index (κ3) is 7.07. The van der Waals surface area contributed by atoms with Gasteiger partial charge >= 0.3 is 5.97 Å². The fraction of sp³-hybridized carbons (Fsp3) is 0.214. The first-order valence-electron chi connectivity index (χ1n) is 10.9. The molecule has 0 aromatic heterocycles. The highest BCUT2D eigenvalue weighted by molar-refractivity contribution is 5.94. The van der Waals surface area contributed by atoms with E-state index in [1.807, 2.05) is 91.9 Å². The third-order valence-electron chi connectivity index (χ3n) is 5.37. The number of ether oxygens (including phenoxy) is 1. The number of hydrogen-bond donors (Lipinski definition) is 1. The number of aliphatic carboxylic acids is 1. The Morgan fingerprint density at radius 3 is 2.21 bits per heavy atom. The summed E-state index contributed by atoms with van der Waals surface area (Å²) in [5.74, 6) is -0.163. The van der Waals surface area contributed by atoms with Crippen LogP contribution in [0.15, 0.2) is 90.5 Å². The molecule has 0 atom stereocenters. The van der Waals surface area contributed by atoms with Gasteiger partial charge in [-0.25, -0.2) is 0 Å². The fourth-order valence-corrected chi connectivity index (χ4v) is 3.44. The average Bonchev–Trinajstić information content (AvgIpc) is 2.84. The molecular weight excluding hydrogens is 414 g/mol. The zero-order chi connectivity index (χ0) is 23.6. The summed E-state index contributed by atoms with van der Waals surface area (Å²) in [5.41, 5.74) is 4.70. The molecule has 0 fully saturated rings. The van der Waals surface area contributed by atoms with E-state index in [9.17, 15) is 9.59 Å². The Labute approximate surface area is 194 Å². The number of allylic oxidation sites excluding steroid dienone is 1. The summed E-state index contributed by atoms with van der Waals surface area (Å²) in [6.07, 6.45) is 2.50. The van der Waals surface area contributed by atoms with Crippen molar-refractivity contribution in [2.75, 3.05) is 13.7 Å². The van der Waals surface area contributed by atoms with E-state index in [2.05, 4.69) is 0 Å². The lowest BCUT2D eigenvalue weighted by molar-refractivity contribution is -0.136. The largest absolute Gasteiger partial charge is 0.489 e. The molecule has 0 aliphatic rings. The standard InChI is InChI=1S/C28H29NO4/c1-21(12-17-27(30)31)18-19-33-26-11-7-6-10-25(26)20-29(2)28(32)24-15-13-23(14-16-24)22-8-4-3-5-9-22/h3-11,13-16,18H,12,17,19-20H2,1-2H3,(H,30,31). The van der Waals surface area contributed by atoms with Gasteiger partial charge < -0.3 is 14.7 Å². The van der Waals surface area contributed by atoms with Crippen LogP contribution in [0.1, 0.15) is 35.7 Å². The highest BCUT2D eigenvalue weighted by atomic mass is 16.5. The Hall–Kier alpha value is -3.86. The van der Waals surface area contributed by atoms with Crippen LogP contribution in [0.25, 0.3) is 11.1 Å². The van der Waals surface area contributed by atoms with Gasteiger partial charge in [-0.15, -0.1) is 0 Å². The Kier molecular flexibility index (Phi) is 8.42. The van der Waals surface area contributed by atoms with Gasteiger partial charge in [-0.05, 0) is 48.7 Å². The topological polar surface area (TPSA) is 66.8 Å². The average molecular weight is 444 g/mol. The SMILES string of the molecule is CC(=CCOc1ccccc1CN(C)C(=O)c1ccc(-c2ccccc2)cc1)CCC(=O)O. The predicted octanol–water partition coefficient (Wildman–Crippen LogP) is 5.82. The van der Waals surface area contributed by atoms with Crippen LogP contribution in [-0.4, -0.2) is 35.5 Å². The Morgan fingerprint density at radius 1 is 0.879 bits per heavy atom. The first kappa shape index (κ1) is 23.8. The number of carbonyl (C=O) groups excluding carboxylic acids is 1. The van der Waals surface area contributed by atoms with Crippen LogP contribution in [0, 0.1) is 0 Å². The highest BCUT2D eigenvalue weighted by Gasteiger charge is 2.14. The van der Waals surface area contributed by atoms with Crippen LogP contribution in [-0.2, 0) is 11.3 Å². The van der Waals surface area contributed by atoms with E-state index in [1.165, 1.54) is 0 Å². The summed E-state index contributed by atoms with van der Waals surface area (Å²) in [5, 5.41) is 8.79. The maximum Gasteiger partial charge on any atom is 0.303 e. The molecule has 1 amide bonds. The van der Waals surface area contributed by atoms with Crippen molar-refractivity contribution in [2.45, 2.75) is 26.3 Å². The molecule has 3 aromatic carbocycles. The van der Waals surface area contributed by atoms with Crippen molar-refractivity contribution in [3.8, 4) is 16.9 Å². The number of hydrogen-bond acceptors (Lipinski definition) is 3. The summed E-state index contributed by atoms with van der Waals surface area (Å²) in [6, 6.07) is 25.3. The number of carboxylic acids is 1. The van der Waals surface area contributed by atoms with Crippen LogP contribution >= 0.6 is 0 Å². The number of carboxylic acid groups (broad SMARTS) is 1. The summed E-state index contributed by atoms with van der Waals surface area (Å²) in [6.45, 7) is 2.66. The minimum atomic E-state index is -0.809. The van der Waals surface area contributed by atoms with E-state index < -0.39 is 5.97 Å². The van der Waals surface area contributed by atoms with Crippen LogP contribution < -0.4 is 4.74 Å². The molecule has 5 heteroatoms. The first-order chi connectivity index (χ1) is 15.9. The van der Waals surface area contributed by atoms with Gasteiger partial charge in [-0.3, -0.25) is 9.59 Å². The number of carbonyl (C=O) groups is 2. The molecule has 170 valence electrons. The number of benzene rings is 3. The van der Waals surface area contributed by atoms with Crippen molar-refractivity contribution in [2.24, 2.45) is 0 Å². The third-order valence-corrected chi connectivity index (χ3v) is 5.37. The highest BCUT2D eigenvalue weighted by Crippen LogP contribution is 2.22. The monoisotopic (exact) mass is 443 g/mol. The molecule has 5 nitrogen and oxygen atoms in total. The second kappa shape index (κ2) is 11.7. The van der Waals surface area contributed by atoms with Crippen molar-refractivity contribution in [1.82, 2.24) is 4.90 Å². The molecule has 0 aliphatic carbocycles. The molecule has 0 saturated carbocycles. The lowest BCUT2D eigenvalue weighted by Crippen LogP contribution is -2.26. The zero-order valence-corrected chi connectivity index (χ0v) is 19.0. The Bertz CT molecular complexity index is 1100. The summed E-state index contributed by atoms with van der Waals surface area (Å²) >= 11 is 0. The Morgan fingerprint density at radius 2 is 1.52 bits per heavy atom. The second-order valence-corrected chi connectivity index (χ2v) is 7.97. The maximum atomic E-state index is 13.0. The molecular formula is C28H29NO4. The van der Waals surface area contributed by atoms with Crippen molar-refractivity contribution in [3.63, 3.8) is 0 Å². The molecule has 0 aliphatic heterocycles. The number of rotatable bonds is 10. The van der Waals surface area contributed by atoms with Gasteiger partial charge in [0.15, 0.2) is 0 Å². The maximum absolute atomic E-state index is 13.0. The van der Waals surface area contributed by atoms with Crippen molar-refractivity contribution in [3.05, 3.63) is 102 Å². The van der Waals surface area contributed by atoms with E-state index >= 15 is 0 Å². The molecule has 0 bridgehead atoms. The quantitative estimate of drug-likeness (QED) is 0.401. The van der Waals surface area contributed by atoms with Crippen LogP contribution in [0.2, 0.25) is 0 Å². The van der Waals surface area contributed by atoms with Crippen molar-refractivity contribution >= 4 is 11.9 Å². The molecule has 1 N–H and O–H groups in total. The van der Waals surface area contributed by atoms with Gasteiger partial charge in [-0.2, -0.15) is 0 Å². The van der Waals surface area contributed by atoms with Gasteiger partial charge in [0.05, 0.1) is 0 Å². The van der Waals surface area contributed by atoms with Gasteiger partial charge in [0, 0.05) is 31.1 Å². The van der Waals surface area contributed by atoms with Crippen molar-refractivity contribution in [1.29, 1.82) is 0 Å².